The Labute approximate surface area is 129 Å². The van der Waals surface area contributed by atoms with Crippen LogP contribution in [0.2, 0.25) is 0 Å². The van der Waals surface area contributed by atoms with Crippen molar-refractivity contribution in [3.63, 3.8) is 0 Å². The van der Waals surface area contributed by atoms with E-state index in [2.05, 4.69) is 15.5 Å². The topological polar surface area (TPSA) is 112 Å². The van der Waals surface area contributed by atoms with Crippen molar-refractivity contribution in [1.29, 1.82) is 0 Å². The second kappa shape index (κ2) is 5.45. The molecule has 0 unspecified atom stereocenters. The normalized spacial score (nSPS) is 20.9. The number of carbonyl (C=O) groups excluding carboxylic acids is 1. The SMILES string of the molecule is O=C(N[C@]1(C(=O)O)CCSC1)c1n[nH]c(=O)c2ccccc12. The number of carboxylic acids is 1. The fraction of sp³-hybridized carbons (Fsp3) is 0.286. The number of benzene rings is 1. The molecule has 3 rings (SSSR count). The third kappa shape index (κ3) is 2.35. The number of fused-ring (bicyclic) bond motifs is 1. The molecule has 2 heterocycles. The molecule has 1 fully saturated rings. The first kappa shape index (κ1) is 14.6. The van der Waals surface area contributed by atoms with Crippen LogP contribution in [0.3, 0.4) is 0 Å². The van der Waals surface area contributed by atoms with Gasteiger partial charge in [-0.2, -0.15) is 16.9 Å². The molecule has 1 aromatic heterocycles. The number of hydrogen-bond donors (Lipinski definition) is 3. The molecule has 0 radical (unpaired) electrons. The van der Waals surface area contributed by atoms with Crippen LogP contribution in [0, 0.1) is 0 Å². The molecular weight excluding hydrogens is 306 g/mol. The van der Waals surface area contributed by atoms with Crippen LogP contribution in [0.15, 0.2) is 29.1 Å². The highest BCUT2D eigenvalue weighted by Crippen LogP contribution is 2.28. The Morgan fingerprint density at radius 3 is 2.68 bits per heavy atom. The van der Waals surface area contributed by atoms with Crippen LogP contribution >= 0.6 is 11.8 Å². The average Bonchev–Trinajstić information content (AvgIpc) is 2.97. The molecule has 1 aliphatic rings. The van der Waals surface area contributed by atoms with Gasteiger partial charge in [0.1, 0.15) is 5.54 Å². The van der Waals surface area contributed by atoms with Gasteiger partial charge in [-0.3, -0.25) is 9.59 Å². The van der Waals surface area contributed by atoms with E-state index in [1.54, 1.807) is 24.3 Å². The lowest BCUT2D eigenvalue weighted by Crippen LogP contribution is -2.55. The van der Waals surface area contributed by atoms with Crippen LogP contribution in [0.25, 0.3) is 10.8 Å². The molecule has 1 aliphatic heterocycles. The maximum atomic E-state index is 12.5. The third-order valence-corrected chi connectivity index (χ3v) is 4.88. The Bertz CT molecular complexity index is 811. The van der Waals surface area contributed by atoms with Crippen LogP contribution in [0.5, 0.6) is 0 Å². The first-order valence-corrected chi connectivity index (χ1v) is 7.80. The number of hydrogen-bond acceptors (Lipinski definition) is 5. The first-order chi connectivity index (χ1) is 10.5. The van der Waals surface area contributed by atoms with Crippen LogP contribution in [-0.2, 0) is 4.79 Å². The van der Waals surface area contributed by atoms with E-state index < -0.39 is 23.0 Å². The Balaban J connectivity index is 2.01. The molecule has 0 aliphatic carbocycles. The molecule has 3 N–H and O–H groups in total. The zero-order valence-electron chi connectivity index (χ0n) is 11.5. The first-order valence-electron chi connectivity index (χ1n) is 6.65. The van der Waals surface area contributed by atoms with Crippen molar-refractivity contribution in [2.24, 2.45) is 0 Å². The van der Waals surface area contributed by atoms with E-state index in [1.165, 1.54) is 11.8 Å². The number of rotatable bonds is 3. The van der Waals surface area contributed by atoms with Crippen LogP contribution in [0.4, 0.5) is 0 Å². The van der Waals surface area contributed by atoms with Gasteiger partial charge in [-0.05, 0) is 18.2 Å². The highest BCUT2D eigenvalue weighted by atomic mass is 32.2. The van der Waals surface area contributed by atoms with Gasteiger partial charge in [0.25, 0.3) is 11.5 Å². The summed E-state index contributed by atoms with van der Waals surface area (Å²) in [5, 5.41) is 18.8. The molecule has 1 saturated heterocycles. The number of nitrogens with zero attached hydrogens (tertiary/aromatic N) is 1. The minimum Gasteiger partial charge on any atom is -0.479 e. The number of carbonyl (C=O) groups is 2. The quantitative estimate of drug-likeness (QED) is 0.764. The van der Waals surface area contributed by atoms with Gasteiger partial charge in [-0.25, -0.2) is 9.89 Å². The Morgan fingerprint density at radius 1 is 1.32 bits per heavy atom. The van der Waals surface area contributed by atoms with E-state index in [0.29, 0.717) is 28.7 Å². The van der Waals surface area contributed by atoms with E-state index in [9.17, 15) is 19.5 Å². The maximum absolute atomic E-state index is 12.5. The fourth-order valence-corrected chi connectivity index (χ4v) is 3.78. The number of aliphatic carboxylic acids is 1. The second-order valence-electron chi connectivity index (χ2n) is 5.09. The maximum Gasteiger partial charge on any atom is 0.330 e. The second-order valence-corrected chi connectivity index (χ2v) is 6.20. The molecule has 0 spiro atoms. The molecule has 0 saturated carbocycles. The molecule has 0 bridgehead atoms. The summed E-state index contributed by atoms with van der Waals surface area (Å²) in [6.45, 7) is 0. The number of amides is 1. The van der Waals surface area contributed by atoms with E-state index in [1.807, 2.05) is 0 Å². The lowest BCUT2D eigenvalue weighted by molar-refractivity contribution is -0.143. The zero-order chi connectivity index (χ0) is 15.7. The van der Waals surface area contributed by atoms with Crippen molar-refractivity contribution < 1.29 is 14.7 Å². The lowest BCUT2D eigenvalue weighted by atomic mass is 9.98. The summed E-state index contributed by atoms with van der Waals surface area (Å²) in [5.74, 6) is -0.668. The molecule has 114 valence electrons. The van der Waals surface area contributed by atoms with Crippen LogP contribution < -0.4 is 10.9 Å². The van der Waals surface area contributed by atoms with Gasteiger partial charge in [0, 0.05) is 11.1 Å². The van der Waals surface area contributed by atoms with Crippen LogP contribution in [-0.4, -0.2) is 44.2 Å². The van der Waals surface area contributed by atoms with Gasteiger partial charge in [0.05, 0.1) is 5.39 Å². The summed E-state index contributed by atoms with van der Waals surface area (Å²) in [4.78, 5) is 35.7. The molecule has 7 nitrogen and oxygen atoms in total. The summed E-state index contributed by atoms with van der Waals surface area (Å²) in [6.07, 6.45) is 0.361. The van der Waals surface area contributed by atoms with Gasteiger partial charge >= 0.3 is 5.97 Å². The standard InChI is InChI=1S/C14H13N3O4S/c18-11-9-4-2-1-3-8(9)10(16-17-11)12(19)15-14(13(20)21)5-6-22-7-14/h1-4H,5-7H2,(H,15,19)(H,17,18)(H,20,21)/t14-/m1/s1. The Morgan fingerprint density at radius 2 is 2.05 bits per heavy atom. The number of nitrogens with one attached hydrogen (secondary N) is 2. The zero-order valence-corrected chi connectivity index (χ0v) is 12.3. The number of aromatic nitrogens is 2. The van der Waals surface area contributed by atoms with Gasteiger partial charge in [-0.15, -0.1) is 0 Å². The molecule has 8 heteroatoms. The summed E-state index contributed by atoms with van der Waals surface area (Å²) < 4.78 is 0. The van der Waals surface area contributed by atoms with E-state index in [4.69, 9.17) is 0 Å². The predicted molar refractivity (Wildman–Crippen MR) is 82.1 cm³/mol. The average molecular weight is 319 g/mol. The summed E-state index contributed by atoms with van der Waals surface area (Å²) in [6, 6.07) is 6.58. The number of H-pyrrole nitrogens is 1. The van der Waals surface area contributed by atoms with E-state index >= 15 is 0 Å². The molecule has 2 aromatic rings. The number of carboxylic acid groups (broad SMARTS) is 1. The summed E-state index contributed by atoms with van der Waals surface area (Å²) in [7, 11) is 0. The number of thioether (sulfide) groups is 1. The van der Waals surface area contributed by atoms with Gasteiger partial charge < -0.3 is 10.4 Å². The highest BCUT2D eigenvalue weighted by molar-refractivity contribution is 7.99. The third-order valence-electron chi connectivity index (χ3n) is 3.69. The minimum absolute atomic E-state index is 0.0210. The smallest absolute Gasteiger partial charge is 0.330 e. The van der Waals surface area contributed by atoms with Crippen molar-refractivity contribution >= 4 is 34.4 Å². The lowest BCUT2D eigenvalue weighted by Gasteiger charge is -2.24. The van der Waals surface area contributed by atoms with Crippen molar-refractivity contribution in [2.75, 3.05) is 11.5 Å². The summed E-state index contributed by atoms with van der Waals surface area (Å²) >= 11 is 1.48. The van der Waals surface area contributed by atoms with E-state index in [0.717, 1.165) is 0 Å². The highest BCUT2D eigenvalue weighted by Gasteiger charge is 2.43. The van der Waals surface area contributed by atoms with Crippen LogP contribution in [0.1, 0.15) is 16.9 Å². The summed E-state index contributed by atoms with van der Waals surface area (Å²) in [5.41, 5.74) is -1.65. The van der Waals surface area contributed by atoms with Gasteiger partial charge in [0.15, 0.2) is 5.69 Å². The molecule has 1 amide bonds. The molecular formula is C14H13N3O4S. The van der Waals surface area contributed by atoms with Crippen molar-refractivity contribution in [3.8, 4) is 0 Å². The monoisotopic (exact) mass is 319 g/mol. The van der Waals surface area contributed by atoms with Crippen molar-refractivity contribution in [2.45, 2.75) is 12.0 Å². The predicted octanol–water partition coefficient (Wildman–Crippen LogP) is 0.613. The molecule has 1 atom stereocenters. The minimum atomic E-state index is -1.28. The Kier molecular flexibility index (Phi) is 3.61. The molecule has 1 aromatic carbocycles. The number of aromatic amines is 1. The van der Waals surface area contributed by atoms with Crippen molar-refractivity contribution in [3.05, 3.63) is 40.3 Å². The van der Waals surface area contributed by atoms with Gasteiger partial charge in [-0.1, -0.05) is 18.2 Å². The fourth-order valence-electron chi connectivity index (χ4n) is 2.45. The largest absolute Gasteiger partial charge is 0.479 e. The van der Waals surface area contributed by atoms with E-state index in [-0.39, 0.29) is 5.69 Å². The van der Waals surface area contributed by atoms with Gasteiger partial charge in [0.2, 0.25) is 0 Å². The van der Waals surface area contributed by atoms with Crippen molar-refractivity contribution in [1.82, 2.24) is 15.5 Å². The molecule has 22 heavy (non-hydrogen) atoms. The Hall–Kier alpha value is -2.35.